The van der Waals surface area contributed by atoms with Crippen LogP contribution in [0.5, 0.6) is 0 Å². The number of ether oxygens (including phenoxy) is 1. The zero-order chi connectivity index (χ0) is 13.1. The van der Waals surface area contributed by atoms with Crippen molar-refractivity contribution < 1.29 is 22.7 Å². The number of carbonyl (C=O) groups is 2. The molecule has 0 aliphatic heterocycles. The highest BCUT2D eigenvalue weighted by atomic mass is 35.5. The molecule has 1 aromatic rings. The Kier molecular flexibility index (Phi) is 4.25. The third-order valence-corrected chi connectivity index (χ3v) is 3.91. The van der Waals surface area contributed by atoms with Gasteiger partial charge in [0.15, 0.2) is 0 Å². The van der Waals surface area contributed by atoms with Crippen molar-refractivity contribution in [1.82, 2.24) is 0 Å². The molecular formula is C10H9ClO5S. The number of hydrogen-bond acceptors (Lipinski definition) is 5. The highest BCUT2D eigenvalue weighted by Gasteiger charge is 2.27. The van der Waals surface area contributed by atoms with Gasteiger partial charge in [0.25, 0.3) is 5.12 Å². The Morgan fingerprint density at radius 3 is 2.24 bits per heavy atom. The number of methoxy groups -OCH3 is 1. The van der Waals surface area contributed by atoms with E-state index in [0.717, 1.165) is 7.11 Å². The lowest BCUT2D eigenvalue weighted by molar-refractivity contribution is 0.0598. The molecule has 0 aliphatic rings. The first-order valence-electron chi connectivity index (χ1n) is 4.44. The Morgan fingerprint density at radius 2 is 1.76 bits per heavy atom. The summed E-state index contributed by atoms with van der Waals surface area (Å²) in [6, 6.07) is 5.49. The molecule has 0 unspecified atom stereocenters. The van der Waals surface area contributed by atoms with Crippen LogP contribution in [-0.4, -0.2) is 31.8 Å². The average molecular weight is 277 g/mol. The monoisotopic (exact) mass is 276 g/mol. The lowest BCUT2D eigenvalue weighted by Gasteiger charge is -2.05. The summed E-state index contributed by atoms with van der Waals surface area (Å²) in [5.41, 5.74) is -0.339. The van der Waals surface area contributed by atoms with Gasteiger partial charge in [-0.3, -0.25) is 4.79 Å². The molecule has 7 heteroatoms. The van der Waals surface area contributed by atoms with Crippen molar-refractivity contribution in [2.24, 2.45) is 0 Å². The maximum absolute atomic E-state index is 11.7. The van der Waals surface area contributed by atoms with E-state index in [0.29, 0.717) is 0 Å². The summed E-state index contributed by atoms with van der Waals surface area (Å²) in [7, 11) is -2.96. The minimum Gasteiger partial charge on any atom is -0.465 e. The van der Waals surface area contributed by atoms with Gasteiger partial charge in [-0.05, 0) is 12.1 Å². The van der Waals surface area contributed by atoms with E-state index in [9.17, 15) is 18.0 Å². The largest absolute Gasteiger partial charge is 0.465 e. The van der Waals surface area contributed by atoms with Crippen molar-refractivity contribution in [3.63, 3.8) is 0 Å². The third kappa shape index (κ3) is 2.83. The molecule has 0 amide bonds. The van der Waals surface area contributed by atoms with Crippen LogP contribution in [0.2, 0.25) is 0 Å². The van der Waals surface area contributed by atoms with Gasteiger partial charge in [-0.15, -0.1) is 11.6 Å². The summed E-state index contributed by atoms with van der Waals surface area (Å²) in [6.07, 6.45) is 0. The molecule has 0 aromatic heterocycles. The molecule has 17 heavy (non-hydrogen) atoms. The second kappa shape index (κ2) is 5.29. The molecule has 0 fully saturated rings. The van der Waals surface area contributed by atoms with Gasteiger partial charge in [0.1, 0.15) is 5.21 Å². The van der Waals surface area contributed by atoms with Crippen LogP contribution in [0, 0.1) is 0 Å². The van der Waals surface area contributed by atoms with Crippen LogP contribution in [0.25, 0.3) is 0 Å². The number of esters is 1. The molecule has 1 rings (SSSR count). The van der Waals surface area contributed by atoms with E-state index in [1.54, 1.807) is 0 Å². The van der Waals surface area contributed by atoms with E-state index >= 15 is 0 Å². The number of benzene rings is 1. The van der Waals surface area contributed by atoms with Crippen LogP contribution < -0.4 is 0 Å². The van der Waals surface area contributed by atoms with Crippen LogP contribution in [0.3, 0.4) is 0 Å². The van der Waals surface area contributed by atoms with Crippen molar-refractivity contribution in [3.05, 3.63) is 35.4 Å². The summed E-state index contributed by atoms with van der Waals surface area (Å²) >= 11 is 5.18. The molecule has 0 heterocycles. The van der Waals surface area contributed by atoms with Crippen molar-refractivity contribution in [3.8, 4) is 0 Å². The van der Waals surface area contributed by atoms with E-state index in [1.165, 1.54) is 24.3 Å². The van der Waals surface area contributed by atoms with Gasteiger partial charge in [0.2, 0.25) is 9.84 Å². The molecule has 0 bridgehead atoms. The number of hydrogen-bond donors (Lipinski definition) is 0. The average Bonchev–Trinajstić information content (AvgIpc) is 2.36. The van der Waals surface area contributed by atoms with Crippen LogP contribution in [0.4, 0.5) is 0 Å². The highest BCUT2D eigenvalue weighted by molar-refractivity contribution is 8.07. The van der Waals surface area contributed by atoms with Crippen LogP contribution in [0.1, 0.15) is 20.7 Å². The molecule has 5 nitrogen and oxygen atoms in total. The molecule has 0 atom stereocenters. The Bertz CT molecular complexity index is 550. The molecule has 0 saturated carbocycles. The Balaban J connectivity index is 3.33. The molecular weight excluding hydrogens is 268 g/mol. The SMILES string of the molecule is COC(=O)c1ccccc1C(=O)S(=O)(=O)CCl. The van der Waals surface area contributed by atoms with Gasteiger partial charge in [-0.1, -0.05) is 12.1 Å². The normalized spacial score (nSPS) is 10.9. The number of alkyl halides is 1. The molecule has 92 valence electrons. The van der Waals surface area contributed by atoms with Crippen molar-refractivity contribution in [2.45, 2.75) is 0 Å². The number of rotatable bonds is 3. The van der Waals surface area contributed by atoms with Gasteiger partial charge >= 0.3 is 5.97 Å². The Labute approximate surface area is 103 Å². The van der Waals surface area contributed by atoms with Crippen molar-refractivity contribution >= 4 is 32.5 Å². The van der Waals surface area contributed by atoms with E-state index in [2.05, 4.69) is 4.74 Å². The van der Waals surface area contributed by atoms with Gasteiger partial charge in [-0.25, -0.2) is 13.2 Å². The van der Waals surface area contributed by atoms with Crippen LogP contribution in [0.15, 0.2) is 24.3 Å². The summed E-state index contributed by atoms with van der Waals surface area (Å²) in [6.45, 7) is 0. The van der Waals surface area contributed by atoms with E-state index in [-0.39, 0.29) is 11.1 Å². The summed E-state index contributed by atoms with van der Waals surface area (Å²) in [5.74, 6) is -0.779. The van der Waals surface area contributed by atoms with Crippen LogP contribution in [-0.2, 0) is 14.6 Å². The van der Waals surface area contributed by atoms with E-state index in [1.807, 2.05) is 0 Å². The van der Waals surface area contributed by atoms with Gasteiger partial charge in [0, 0.05) is 5.56 Å². The van der Waals surface area contributed by atoms with Gasteiger partial charge < -0.3 is 4.74 Å². The van der Waals surface area contributed by atoms with Gasteiger partial charge in [0.05, 0.1) is 12.7 Å². The van der Waals surface area contributed by atoms with Crippen molar-refractivity contribution in [2.75, 3.05) is 12.3 Å². The second-order valence-electron chi connectivity index (χ2n) is 3.05. The zero-order valence-electron chi connectivity index (χ0n) is 8.84. The zero-order valence-corrected chi connectivity index (χ0v) is 10.4. The molecule has 0 radical (unpaired) electrons. The minimum atomic E-state index is -4.10. The number of sulfone groups is 1. The molecule has 0 saturated heterocycles. The Hall–Kier alpha value is -1.40. The van der Waals surface area contributed by atoms with Crippen LogP contribution >= 0.6 is 11.6 Å². The number of carbonyl (C=O) groups excluding carboxylic acids is 2. The van der Waals surface area contributed by atoms with Gasteiger partial charge in [-0.2, -0.15) is 0 Å². The maximum atomic E-state index is 11.7. The first-order chi connectivity index (χ1) is 7.94. The van der Waals surface area contributed by atoms with E-state index in [4.69, 9.17) is 11.6 Å². The summed E-state index contributed by atoms with van der Waals surface area (Å²) in [5, 5.41) is -2.02. The predicted molar refractivity (Wildman–Crippen MR) is 61.8 cm³/mol. The first kappa shape index (κ1) is 13.7. The molecule has 0 aliphatic carbocycles. The molecule has 0 N–H and O–H groups in total. The third-order valence-electron chi connectivity index (χ3n) is 1.98. The van der Waals surface area contributed by atoms with Crippen molar-refractivity contribution in [1.29, 1.82) is 0 Å². The number of halogens is 1. The second-order valence-corrected chi connectivity index (χ2v) is 5.52. The summed E-state index contributed by atoms with van der Waals surface area (Å²) in [4.78, 5) is 23.0. The lowest BCUT2D eigenvalue weighted by Crippen LogP contribution is -2.19. The standard InChI is InChI=1S/C10H9ClO5S/c1-16-9(12)7-4-2-3-5-8(7)10(13)17(14,15)6-11/h2-5H,6H2,1H3. The first-order valence-corrected chi connectivity index (χ1v) is 6.63. The fourth-order valence-corrected chi connectivity index (χ4v) is 2.08. The Morgan fingerprint density at radius 1 is 1.24 bits per heavy atom. The topological polar surface area (TPSA) is 77.5 Å². The predicted octanol–water partition coefficient (Wildman–Crippen LogP) is 1.22. The fourth-order valence-electron chi connectivity index (χ4n) is 1.17. The fraction of sp³-hybridized carbons (Fsp3) is 0.200. The minimum absolute atomic E-state index is 0.103. The molecule has 0 spiro atoms. The quantitative estimate of drug-likeness (QED) is 0.613. The maximum Gasteiger partial charge on any atom is 0.338 e. The lowest BCUT2D eigenvalue weighted by atomic mass is 10.1. The summed E-state index contributed by atoms with van der Waals surface area (Å²) < 4.78 is 27.1. The molecule has 1 aromatic carbocycles. The van der Waals surface area contributed by atoms with E-state index < -0.39 is 26.1 Å². The highest BCUT2D eigenvalue weighted by Crippen LogP contribution is 2.14. The smallest absolute Gasteiger partial charge is 0.338 e.